The molecule has 1 aliphatic rings. The topological polar surface area (TPSA) is 35.0 Å². The standard InChI is InChI=1S/C6H6N2O/c1-5-3-9-4-6(5)2-8-7-1/h1-2H,3-4H2. The van der Waals surface area contributed by atoms with Crippen molar-refractivity contribution in [2.75, 3.05) is 0 Å². The summed E-state index contributed by atoms with van der Waals surface area (Å²) in [5, 5.41) is 7.45. The summed E-state index contributed by atoms with van der Waals surface area (Å²) in [5.74, 6) is 0. The molecule has 3 heteroatoms. The lowest BCUT2D eigenvalue weighted by atomic mass is 10.2. The van der Waals surface area contributed by atoms with Gasteiger partial charge in [0.05, 0.1) is 25.6 Å². The van der Waals surface area contributed by atoms with E-state index in [1.165, 1.54) is 11.1 Å². The third-order valence-electron chi connectivity index (χ3n) is 1.42. The van der Waals surface area contributed by atoms with Gasteiger partial charge in [-0.25, -0.2) is 0 Å². The Morgan fingerprint density at radius 3 is 2.22 bits per heavy atom. The lowest BCUT2D eigenvalue weighted by Gasteiger charge is -1.88. The number of fused-ring (bicyclic) bond motifs is 1. The van der Waals surface area contributed by atoms with Crippen LogP contribution < -0.4 is 0 Å². The molecule has 0 fully saturated rings. The molecule has 0 radical (unpaired) electrons. The summed E-state index contributed by atoms with van der Waals surface area (Å²) >= 11 is 0. The summed E-state index contributed by atoms with van der Waals surface area (Å²) in [7, 11) is 0. The second kappa shape index (κ2) is 1.77. The average Bonchev–Trinajstić information content (AvgIpc) is 2.33. The highest BCUT2D eigenvalue weighted by atomic mass is 16.5. The normalized spacial score (nSPS) is 15.6. The maximum atomic E-state index is 5.13. The SMILES string of the molecule is c1nncc2c1COC2. The zero-order valence-corrected chi connectivity index (χ0v) is 4.87. The van der Waals surface area contributed by atoms with Gasteiger partial charge < -0.3 is 4.74 Å². The van der Waals surface area contributed by atoms with Crippen LogP contribution in [0.4, 0.5) is 0 Å². The Balaban J connectivity index is 2.54. The lowest BCUT2D eigenvalue weighted by Crippen LogP contribution is -1.85. The van der Waals surface area contributed by atoms with Crippen molar-refractivity contribution in [2.45, 2.75) is 13.2 Å². The Kier molecular flexibility index (Phi) is 0.960. The zero-order valence-electron chi connectivity index (χ0n) is 4.87. The van der Waals surface area contributed by atoms with Gasteiger partial charge in [0.1, 0.15) is 0 Å². The van der Waals surface area contributed by atoms with Crippen molar-refractivity contribution in [1.29, 1.82) is 0 Å². The first-order valence-electron chi connectivity index (χ1n) is 2.83. The second-order valence-corrected chi connectivity index (χ2v) is 2.03. The minimum atomic E-state index is 0.699. The molecule has 1 aliphatic heterocycles. The summed E-state index contributed by atoms with van der Waals surface area (Å²) in [6.07, 6.45) is 3.50. The average molecular weight is 122 g/mol. The number of hydrogen-bond acceptors (Lipinski definition) is 3. The first kappa shape index (κ1) is 4.88. The molecule has 0 aromatic carbocycles. The van der Waals surface area contributed by atoms with Crippen LogP contribution in [0.5, 0.6) is 0 Å². The monoisotopic (exact) mass is 122 g/mol. The Morgan fingerprint density at radius 2 is 1.67 bits per heavy atom. The van der Waals surface area contributed by atoms with Crippen molar-refractivity contribution >= 4 is 0 Å². The van der Waals surface area contributed by atoms with Crippen molar-refractivity contribution in [3.05, 3.63) is 23.5 Å². The molecule has 0 spiro atoms. The molecule has 0 N–H and O–H groups in total. The van der Waals surface area contributed by atoms with Gasteiger partial charge in [-0.1, -0.05) is 0 Å². The Labute approximate surface area is 52.7 Å². The highest BCUT2D eigenvalue weighted by molar-refractivity contribution is 5.21. The lowest BCUT2D eigenvalue weighted by molar-refractivity contribution is 0.134. The van der Waals surface area contributed by atoms with Crippen LogP contribution in [-0.2, 0) is 18.0 Å². The van der Waals surface area contributed by atoms with Gasteiger partial charge in [-0.2, -0.15) is 10.2 Å². The minimum Gasteiger partial charge on any atom is -0.372 e. The molecule has 0 unspecified atom stereocenters. The molecular formula is C6H6N2O. The van der Waals surface area contributed by atoms with E-state index in [0.29, 0.717) is 13.2 Å². The fraction of sp³-hybridized carbons (Fsp3) is 0.333. The van der Waals surface area contributed by atoms with E-state index in [1.54, 1.807) is 12.4 Å². The van der Waals surface area contributed by atoms with Crippen LogP contribution in [0.15, 0.2) is 12.4 Å². The van der Waals surface area contributed by atoms with Gasteiger partial charge in [-0.05, 0) is 0 Å². The Hall–Kier alpha value is -0.960. The van der Waals surface area contributed by atoms with Gasteiger partial charge >= 0.3 is 0 Å². The van der Waals surface area contributed by atoms with Crippen molar-refractivity contribution < 1.29 is 4.74 Å². The van der Waals surface area contributed by atoms with E-state index in [2.05, 4.69) is 10.2 Å². The van der Waals surface area contributed by atoms with Crippen molar-refractivity contribution in [3.8, 4) is 0 Å². The molecule has 0 bridgehead atoms. The van der Waals surface area contributed by atoms with Crippen LogP contribution in [0.2, 0.25) is 0 Å². The van der Waals surface area contributed by atoms with Crippen LogP contribution in [0.3, 0.4) is 0 Å². The number of aromatic nitrogens is 2. The van der Waals surface area contributed by atoms with E-state index in [0.717, 1.165) is 0 Å². The van der Waals surface area contributed by atoms with Crippen LogP contribution in [0, 0.1) is 0 Å². The van der Waals surface area contributed by atoms with E-state index >= 15 is 0 Å². The molecule has 2 heterocycles. The number of rotatable bonds is 0. The first-order chi connectivity index (χ1) is 4.47. The molecule has 9 heavy (non-hydrogen) atoms. The summed E-state index contributed by atoms with van der Waals surface area (Å²) in [6, 6.07) is 0. The number of ether oxygens (including phenoxy) is 1. The van der Waals surface area contributed by atoms with Gasteiger partial charge in [0.15, 0.2) is 0 Å². The number of hydrogen-bond donors (Lipinski definition) is 0. The molecule has 0 saturated heterocycles. The van der Waals surface area contributed by atoms with Gasteiger partial charge in [-0.15, -0.1) is 0 Å². The zero-order chi connectivity index (χ0) is 6.10. The molecule has 0 amide bonds. The fourth-order valence-electron chi connectivity index (χ4n) is 0.903. The van der Waals surface area contributed by atoms with Gasteiger partial charge in [-0.3, -0.25) is 0 Å². The molecule has 0 saturated carbocycles. The molecule has 0 atom stereocenters. The second-order valence-electron chi connectivity index (χ2n) is 2.03. The van der Waals surface area contributed by atoms with Crippen LogP contribution in [0.1, 0.15) is 11.1 Å². The van der Waals surface area contributed by atoms with E-state index in [1.807, 2.05) is 0 Å². The van der Waals surface area contributed by atoms with Crippen molar-refractivity contribution in [2.24, 2.45) is 0 Å². The van der Waals surface area contributed by atoms with Crippen molar-refractivity contribution in [1.82, 2.24) is 10.2 Å². The van der Waals surface area contributed by atoms with Gasteiger partial charge in [0.25, 0.3) is 0 Å². The van der Waals surface area contributed by atoms with Gasteiger partial charge in [0.2, 0.25) is 0 Å². The summed E-state index contributed by atoms with van der Waals surface area (Å²) in [6.45, 7) is 1.40. The van der Waals surface area contributed by atoms with E-state index in [9.17, 15) is 0 Å². The smallest absolute Gasteiger partial charge is 0.0741 e. The van der Waals surface area contributed by atoms with E-state index < -0.39 is 0 Å². The van der Waals surface area contributed by atoms with Gasteiger partial charge in [0, 0.05) is 11.1 Å². The highest BCUT2D eigenvalue weighted by Gasteiger charge is 2.09. The van der Waals surface area contributed by atoms with E-state index in [-0.39, 0.29) is 0 Å². The molecule has 2 rings (SSSR count). The largest absolute Gasteiger partial charge is 0.372 e. The highest BCUT2D eigenvalue weighted by Crippen LogP contribution is 2.15. The summed E-state index contributed by atoms with van der Waals surface area (Å²) in [4.78, 5) is 0. The maximum absolute atomic E-state index is 5.13. The van der Waals surface area contributed by atoms with Crippen molar-refractivity contribution in [3.63, 3.8) is 0 Å². The fourth-order valence-corrected chi connectivity index (χ4v) is 0.903. The van der Waals surface area contributed by atoms with Crippen LogP contribution in [0.25, 0.3) is 0 Å². The minimum absolute atomic E-state index is 0.699. The number of nitrogens with zero attached hydrogens (tertiary/aromatic N) is 2. The molecule has 46 valence electrons. The Bertz CT molecular complexity index is 201. The molecule has 0 aliphatic carbocycles. The first-order valence-corrected chi connectivity index (χ1v) is 2.83. The Morgan fingerprint density at radius 1 is 1.11 bits per heavy atom. The van der Waals surface area contributed by atoms with E-state index in [4.69, 9.17) is 4.74 Å². The third kappa shape index (κ3) is 0.695. The van der Waals surface area contributed by atoms with Crippen LogP contribution in [-0.4, -0.2) is 10.2 Å². The summed E-state index contributed by atoms with van der Waals surface area (Å²) < 4.78 is 5.13. The molecule has 3 nitrogen and oxygen atoms in total. The maximum Gasteiger partial charge on any atom is 0.0741 e. The molecular weight excluding hydrogens is 116 g/mol. The quantitative estimate of drug-likeness (QED) is 0.502. The molecule has 1 aromatic rings. The van der Waals surface area contributed by atoms with Crippen LogP contribution >= 0.6 is 0 Å². The third-order valence-corrected chi connectivity index (χ3v) is 1.42. The predicted molar refractivity (Wildman–Crippen MR) is 30.5 cm³/mol. The predicted octanol–water partition coefficient (Wildman–Crippen LogP) is 0.507. The molecule has 1 aromatic heterocycles. The summed E-state index contributed by atoms with van der Waals surface area (Å²) in [5.41, 5.74) is 2.34.